The third-order valence-electron chi connectivity index (χ3n) is 4.63. The van der Waals surface area contributed by atoms with Gasteiger partial charge in [-0.25, -0.2) is 14.9 Å². The van der Waals surface area contributed by atoms with Gasteiger partial charge in [-0.1, -0.05) is 30.3 Å². The predicted molar refractivity (Wildman–Crippen MR) is 117 cm³/mol. The first kappa shape index (κ1) is 19.8. The normalized spacial score (nSPS) is 19.6. The Labute approximate surface area is 177 Å². The van der Waals surface area contributed by atoms with Crippen LogP contribution < -0.4 is 4.90 Å². The largest absolute Gasteiger partial charge is 0.282 e. The van der Waals surface area contributed by atoms with E-state index in [0.717, 1.165) is 22.4 Å². The van der Waals surface area contributed by atoms with E-state index in [4.69, 9.17) is 0 Å². The highest BCUT2D eigenvalue weighted by atomic mass is 32.2. The molecule has 1 aromatic carbocycles. The lowest BCUT2D eigenvalue weighted by Crippen LogP contribution is -2.32. The Balaban J connectivity index is 1.86. The minimum Gasteiger partial charge on any atom is -0.282 e. The molecule has 150 valence electrons. The fourth-order valence-corrected chi connectivity index (χ4v) is 4.45. The minimum atomic E-state index is -0.506. The van der Waals surface area contributed by atoms with Crippen LogP contribution >= 0.6 is 11.8 Å². The molecule has 1 aromatic heterocycles. The zero-order valence-corrected chi connectivity index (χ0v) is 17.3. The van der Waals surface area contributed by atoms with Gasteiger partial charge in [0.1, 0.15) is 0 Å². The van der Waals surface area contributed by atoms with E-state index in [1.165, 1.54) is 11.8 Å². The highest BCUT2D eigenvalue weighted by Gasteiger charge is 2.43. The second-order valence-corrected chi connectivity index (χ2v) is 7.70. The third-order valence-corrected chi connectivity index (χ3v) is 5.71. The molecule has 2 aliphatic rings. The van der Waals surface area contributed by atoms with Crippen LogP contribution in [-0.2, 0) is 14.4 Å². The number of amides is 3. The molecule has 7 nitrogen and oxygen atoms in total. The van der Waals surface area contributed by atoms with Gasteiger partial charge >= 0.3 is 0 Å². The predicted octanol–water partition coefficient (Wildman–Crippen LogP) is 3.44. The maximum atomic E-state index is 13.2. The van der Waals surface area contributed by atoms with Crippen LogP contribution in [0.1, 0.15) is 18.2 Å². The lowest BCUT2D eigenvalue weighted by atomic mass is 10.1. The summed E-state index contributed by atoms with van der Waals surface area (Å²) in [5.74, 6) is -0.795. The van der Waals surface area contributed by atoms with E-state index < -0.39 is 11.8 Å². The van der Waals surface area contributed by atoms with Crippen molar-refractivity contribution >= 4 is 51.7 Å². The van der Waals surface area contributed by atoms with Gasteiger partial charge < -0.3 is 0 Å². The summed E-state index contributed by atoms with van der Waals surface area (Å²) in [6, 6.07) is 12.4. The first-order valence-corrected chi connectivity index (χ1v) is 10.1. The van der Waals surface area contributed by atoms with Crippen molar-refractivity contribution in [3.63, 3.8) is 0 Å². The van der Waals surface area contributed by atoms with Gasteiger partial charge in [-0.2, -0.15) is 0 Å². The Bertz CT molecular complexity index is 1170. The second-order valence-electron chi connectivity index (χ2n) is 6.72. The van der Waals surface area contributed by atoms with Crippen molar-refractivity contribution in [1.29, 1.82) is 0 Å². The van der Waals surface area contributed by atoms with Gasteiger partial charge in [0.25, 0.3) is 11.8 Å². The molecule has 0 atom stereocenters. The summed E-state index contributed by atoms with van der Waals surface area (Å²) in [6.07, 6.45) is 1.59. The maximum Gasteiger partial charge on any atom is 0.267 e. The van der Waals surface area contributed by atoms with Gasteiger partial charge in [-0.3, -0.25) is 19.3 Å². The maximum absolute atomic E-state index is 13.2. The van der Waals surface area contributed by atoms with E-state index in [1.54, 1.807) is 36.4 Å². The quantitative estimate of drug-likeness (QED) is 0.563. The fourth-order valence-electron chi connectivity index (χ4n) is 3.37. The van der Waals surface area contributed by atoms with Crippen molar-refractivity contribution < 1.29 is 14.4 Å². The SMILES string of the molecule is C=CCN1C(=O)/C(=C2/C(=O)N(C(C)=O)c3ccccc32)S/C1=N/c1cccc(C)n1. The van der Waals surface area contributed by atoms with E-state index in [9.17, 15) is 14.4 Å². The molecule has 1 saturated heterocycles. The molecular formula is C22H18N4O3S. The summed E-state index contributed by atoms with van der Waals surface area (Å²) in [5, 5.41) is 0.409. The number of aryl methyl sites for hydroxylation is 1. The van der Waals surface area contributed by atoms with E-state index in [1.807, 2.05) is 19.1 Å². The van der Waals surface area contributed by atoms with E-state index in [0.29, 0.717) is 22.2 Å². The molecule has 30 heavy (non-hydrogen) atoms. The number of fused-ring (bicyclic) bond motifs is 1. The van der Waals surface area contributed by atoms with Crippen molar-refractivity contribution in [3.05, 3.63) is 71.3 Å². The van der Waals surface area contributed by atoms with E-state index in [-0.39, 0.29) is 22.9 Å². The lowest BCUT2D eigenvalue weighted by Gasteiger charge is -2.12. The Morgan fingerprint density at radius 1 is 1.17 bits per heavy atom. The average molecular weight is 418 g/mol. The van der Waals surface area contributed by atoms with Crippen molar-refractivity contribution in [3.8, 4) is 0 Å². The molecule has 2 aromatic rings. The summed E-state index contributed by atoms with van der Waals surface area (Å²) in [4.78, 5) is 50.1. The number of benzene rings is 1. The van der Waals surface area contributed by atoms with E-state index >= 15 is 0 Å². The van der Waals surface area contributed by atoms with Gasteiger partial charge in [-0.15, -0.1) is 6.58 Å². The standard InChI is InChI=1S/C22H18N4O3S/c1-4-12-25-21(29)19(30-22(25)24-17-11-7-8-13(2)23-17)18-15-9-5-6-10-16(15)26(14(3)27)20(18)28/h4-11H,1,12H2,2-3H3/b19-18-,24-22+. The summed E-state index contributed by atoms with van der Waals surface area (Å²) in [5.41, 5.74) is 2.05. The van der Waals surface area contributed by atoms with Crippen molar-refractivity contribution in [2.45, 2.75) is 13.8 Å². The molecular weight excluding hydrogens is 400 g/mol. The number of carbonyl (C=O) groups is 3. The Kier molecular flexibility index (Phi) is 5.09. The molecule has 0 radical (unpaired) electrons. The molecule has 1 fully saturated rings. The van der Waals surface area contributed by atoms with Crippen LogP contribution in [0.15, 0.2) is 65.0 Å². The van der Waals surface area contributed by atoms with Crippen LogP contribution in [0.3, 0.4) is 0 Å². The number of pyridine rings is 1. The first-order valence-electron chi connectivity index (χ1n) is 9.24. The van der Waals surface area contributed by atoms with Crippen LogP contribution in [0, 0.1) is 6.92 Å². The number of nitrogens with zero attached hydrogens (tertiary/aromatic N) is 4. The summed E-state index contributed by atoms with van der Waals surface area (Å²) < 4.78 is 0. The average Bonchev–Trinajstić information content (AvgIpc) is 3.16. The van der Waals surface area contributed by atoms with Crippen LogP contribution in [0.25, 0.3) is 5.57 Å². The molecule has 0 N–H and O–H groups in total. The number of thioether (sulfide) groups is 1. The number of aliphatic imine (C=N–C) groups is 1. The van der Waals surface area contributed by atoms with Crippen molar-refractivity contribution in [1.82, 2.24) is 9.88 Å². The second kappa shape index (κ2) is 7.72. The lowest BCUT2D eigenvalue weighted by molar-refractivity contribution is -0.124. The number of amidine groups is 1. The number of para-hydroxylation sites is 1. The Morgan fingerprint density at radius 3 is 2.63 bits per heavy atom. The van der Waals surface area contributed by atoms with Gasteiger partial charge in [0.15, 0.2) is 11.0 Å². The van der Waals surface area contributed by atoms with Gasteiger partial charge in [0, 0.05) is 24.7 Å². The topological polar surface area (TPSA) is 82.9 Å². The van der Waals surface area contributed by atoms with Crippen LogP contribution in [-0.4, -0.2) is 39.3 Å². The third kappa shape index (κ3) is 3.25. The molecule has 3 heterocycles. The van der Waals surface area contributed by atoms with Crippen LogP contribution in [0.4, 0.5) is 11.5 Å². The Morgan fingerprint density at radius 2 is 1.93 bits per heavy atom. The first-order chi connectivity index (χ1) is 14.4. The number of hydrogen-bond donors (Lipinski definition) is 0. The summed E-state index contributed by atoms with van der Waals surface area (Å²) in [7, 11) is 0. The van der Waals surface area contributed by atoms with E-state index in [2.05, 4.69) is 16.6 Å². The molecule has 0 spiro atoms. The molecule has 0 unspecified atom stereocenters. The van der Waals surface area contributed by atoms with Crippen LogP contribution in [0.2, 0.25) is 0 Å². The number of aromatic nitrogens is 1. The fraction of sp³-hybridized carbons (Fsp3) is 0.136. The van der Waals surface area contributed by atoms with Gasteiger partial charge in [0.2, 0.25) is 5.91 Å². The zero-order chi connectivity index (χ0) is 21.4. The summed E-state index contributed by atoms with van der Waals surface area (Å²) >= 11 is 1.11. The number of anilines is 1. The number of hydrogen-bond acceptors (Lipinski definition) is 6. The molecule has 2 aliphatic heterocycles. The smallest absolute Gasteiger partial charge is 0.267 e. The number of imide groups is 1. The Hall–Kier alpha value is -3.52. The van der Waals surface area contributed by atoms with Gasteiger partial charge in [-0.05, 0) is 36.9 Å². The molecule has 0 aliphatic carbocycles. The molecule has 3 amide bonds. The molecule has 8 heteroatoms. The number of carbonyl (C=O) groups excluding carboxylic acids is 3. The number of rotatable bonds is 3. The molecule has 4 rings (SSSR count). The van der Waals surface area contributed by atoms with Crippen molar-refractivity contribution in [2.24, 2.45) is 4.99 Å². The monoisotopic (exact) mass is 418 g/mol. The zero-order valence-electron chi connectivity index (χ0n) is 16.5. The molecule has 0 bridgehead atoms. The molecule has 0 saturated carbocycles. The summed E-state index contributed by atoms with van der Waals surface area (Å²) in [6.45, 7) is 7.13. The highest BCUT2D eigenvalue weighted by molar-refractivity contribution is 8.18. The van der Waals surface area contributed by atoms with Crippen molar-refractivity contribution in [2.75, 3.05) is 11.4 Å². The van der Waals surface area contributed by atoms with Gasteiger partial charge in [0.05, 0.1) is 16.2 Å². The van der Waals surface area contributed by atoms with Crippen LogP contribution in [0.5, 0.6) is 0 Å². The minimum absolute atomic E-state index is 0.215. The highest BCUT2D eigenvalue weighted by Crippen LogP contribution is 2.44.